The number of hydrogen-bond donors (Lipinski definition) is 2. The second kappa shape index (κ2) is 10.7. The number of nitrogens with one attached hydrogen (secondary N) is 1. The standard InChI is InChI=1S/C27H29N11O2/c1-17-14-37(9-10-38(17)27-33-23(12-24(39)36(27)2)22-7-8-29-15-32-22)20-5-3-18(4-6-20)25-34-26(40-35-25)21(28)11-19-13-30-16-31-19/h3-8,12-13,15-17,21H,9-11,14,28H2,1-2H3,(H,30,31)/t17-,21+/m1/s1. The largest absolute Gasteiger partial charge is 0.368 e. The molecule has 5 aromatic rings. The molecule has 204 valence electrons. The Balaban J connectivity index is 1.14. The lowest BCUT2D eigenvalue weighted by molar-refractivity contribution is 0.354. The molecule has 0 saturated carbocycles. The van der Waals surface area contributed by atoms with Crippen molar-refractivity contribution in [3.63, 3.8) is 0 Å². The van der Waals surface area contributed by atoms with Crippen LogP contribution in [0.5, 0.6) is 0 Å². The van der Waals surface area contributed by atoms with Gasteiger partial charge in [0.1, 0.15) is 6.33 Å². The first-order chi connectivity index (χ1) is 19.5. The monoisotopic (exact) mass is 539 g/mol. The fraction of sp³-hybridized carbons (Fsp3) is 0.296. The number of H-pyrrole nitrogens is 1. The smallest absolute Gasteiger partial charge is 0.255 e. The molecular weight excluding hydrogens is 510 g/mol. The lowest BCUT2D eigenvalue weighted by Crippen LogP contribution is -2.53. The van der Waals surface area contributed by atoms with E-state index < -0.39 is 6.04 Å². The minimum absolute atomic E-state index is 0.114. The van der Waals surface area contributed by atoms with Gasteiger partial charge >= 0.3 is 0 Å². The minimum Gasteiger partial charge on any atom is -0.368 e. The van der Waals surface area contributed by atoms with Crippen LogP contribution in [0.4, 0.5) is 11.6 Å². The van der Waals surface area contributed by atoms with Gasteiger partial charge in [0.25, 0.3) is 5.56 Å². The number of nitrogens with zero attached hydrogens (tertiary/aromatic N) is 9. The highest BCUT2D eigenvalue weighted by molar-refractivity contribution is 5.61. The topological polar surface area (TPSA) is 161 Å². The maximum atomic E-state index is 12.7. The van der Waals surface area contributed by atoms with E-state index >= 15 is 0 Å². The van der Waals surface area contributed by atoms with Gasteiger partial charge in [-0.05, 0) is 37.3 Å². The molecule has 3 N–H and O–H groups in total. The fourth-order valence-electron chi connectivity index (χ4n) is 4.89. The zero-order chi connectivity index (χ0) is 27.6. The number of imidazole rings is 1. The van der Waals surface area contributed by atoms with Crippen LogP contribution >= 0.6 is 0 Å². The molecule has 0 amide bonds. The van der Waals surface area contributed by atoms with Crippen molar-refractivity contribution in [1.29, 1.82) is 0 Å². The van der Waals surface area contributed by atoms with Crippen molar-refractivity contribution in [2.45, 2.75) is 25.4 Å². The summed E-state index contributed by atoms with van der Waals surface area (Å²) in [4.78, 5) is 41.9. The SMILES string of the molecule is C[C@@H]1CN(c2ccc(-c3noc([C@@H](N)Cc4c[nH]cn4)n3)cc2)CCN1c1nc(-c2ccncn2)cc(=O)n1C. The summed E-state index contributed by atoms with van der Waals surface area (Å²) in [5.74, 6) is 1.49. The van der Waals surface area contributed by atoms with Gasteiger partial charge in [0, 0.05) is 68.9 Å². The zero-order valence-electron chi connectivity index (χ0n) is 22.2. The number of hydrogen-bond acceptors (Lipinski definition) is 11. The van der Waals surface area contributed by atoms with Gasteiger partial charge in [-0.2, -0.15) is 4.98 Å². The van der Waals surface area contributed by atoms with E-state index in [4.69, 9.17) is 15.2 Å². The normalized spacial score (nSPS) is 16.3. The summed E-state index contributed by atoms with van der Waals surface area (Å²) in [5.41, 5.74) is 10.0. The maximum absolute atomic E-state index is 12.7. The highest BCUT2D eigenvalue weighted by atomic mass is 16.5. The second-order valence-electron chi connectivity index (χ2n) is 9.80. The number of benzene rings is 1. The number of anilines is 2. The summed E-state index contributed by atoms with van der Waals surface area (Å²) in [7, 11) is 1.75. The second-order valence-corrected chi connectivity index (χ2v) is 9.80. The number of aromatic nitrogens is 8. The van der Waals surface area contributed by atoms with E-state index in [1.54, 1.807) is 36.4 Å². The van der Waals surface area contributed by atoms with Crippen LogP contribution in [0, 0.1) is 0 Å². The van der Waals surface area contributed by atoms with Crippen molar-refractivity contribution in [1.82, 2.24) is 39.6 Å². The summed E-state index contributed by atoms with van der Waals surface area (Å²) < 4.78 is 7.01. The van der Waals surface area contributed by atoms with E-state index in [2.05, 4.69) is 58.9 Å². The third-order valence-electron chi connectivity index (χ3n) is 7.07. The molecule has 1 aliphatic heterocycles. The molecule has 13 heteroatoms. The van der Waals surface area contributed by atoms with Crippen LogP contribution in [0.1, 0.15) is 24.6 Å². The fourth-order valence-corrected chi connectivity index (χ4v) is 4.89. The van der Waals surface area contributed by atoms with Crippen LogP contribution in [0.25, 0.3) is 22.8 Å². The van der Waals surface area contributed by atoms with Crippen molar-refractivity contribution in [2.75, 3.05) is 29.4 Å². The van der Waals surface area contributed by atoms with E-state index in [0.717, 1.165) is 30.0 Å². The number of rotatable bonds is 7. The minimum atomic E-state index is -0.433. The van der Waals surface area contributed by atoms with Crippen LogP contribution < -0.4 is 21.1 Å². The summed E-state index contributed by atoms with van der Waals surface area (Å²) in [6.07, 6.45) is 7.01. The molecule has 0 spiro atoms. The van der Waals surface area contributed by atoms with Gasteiger partial charge in [0.2, 0.25) is 17.7 Å². The van der Waals surface area contributed by atoms with Crippen molar-refractivity contribution in [3.8, 4) is 22.8 Å². The van der Waals surface area contributed by atoms with Gasteiger partial charge in [-0.25, -0.2) is 19.9 Å². The Morgan fingerprint density at radius 3 is 2.70 bits per heavy atom. The average Bonchev–Trinajstić information content (AvgIpc) is 3.68. The molecule has 4 aromatic heterocycles. The Bertz CT molecular complexity index is 1630. The predicted molar refractivity (Wildman–Crippen MR) is 148 cm³/mol. The number of piperazine rings is 1. The third kappa shape index (κ3) is 5.06. The van der Waals surface area contributed by atoms with Gasteiger partial charge in [-0.3, -0.25) is 9.36 Å². The molecule has 40 heavy (non-hydrogen) atoms. The molecule has 0 bridgehead atoms. The van der Waals surface area contributed by atoms with Crippen molar-refractivity contribution < 1.29 is 4.52 Å². The Labute approximate surface area is 229 Å². The van der Waals surface area contributed by atoms with Gasteiger partial charge in [0.15, 0.2) is 0 Å². The molecule has 1 saturated heterocycles. The molecule has 1 aromatic carbocycles. The zero-order valence-corrected chi connectivity index (χ0v) is 22.2. The molecule has 1 fully saturated rings. The van der Waals surface area contributed by atoms with Crippen molar-refractivity contribution in [3.05, 3.63) is 83.4 Å². The first kappa shape index (κ1) is 25.4. The van der Waals surface area contributed by atoms with Crippen LogP contribution in [0.3, 0.4) is 0 Å². The first-order valence-electron chi connectivity index (χ1n) is 13.0. The molecule has 5 heterocycles. The molecule has 1 aliphatic rings. The molecule has 6 rings (SSSR count). The highest BCUT2D eigenvalue weighted by Crippen LogP contribution is 2.26. The Hall–Kier alpha value is -4.91. The first-order valence-corrected chi connectivity index (χ1v) is 13.0. The Morgan fingerprint density at radius 1 is 1.12 bits per heavy atom. The summed E-state index contributed by atoms with van der Waals surface area (Å²) in [6.45, 7) is 4.38. The van der Waals surface area contributed by atoms with Gasteiger partial charge in [-0.15, -0.1) is 0 Å². The molecule has 0 aliphatic carbocycles. The van der Waals surface area contributed by atoms with Crippen LogP contribution in [0.2, 0.25) is 0 Å². The van der Waals surface area contributed by atoms with Crippen LogP contribution in [-0.4, -0.2) is 65.3 Å². The molecular formula is C27H29N11O2. The lowest BCUT2D eigenvalue weighted by Gasteiger charge is -2.42. The maximum Gasteiger partial charge on any atom is 0.255 e. The van der Waals surface area contributed by atoms with Gasteiger partial charge < -0.3 is 25.0 Å². The van der Waals surface area contributed by atoms with Crippen LogP contribution in [0.15, 0.2) is 70.8 Å². The molecule has 0 radical (unpaired) electrons. The van der Waals surface area contributed by atoms with E-state index in [1.165, 1.54) is 12.4 Å². The predicted octanol–water partition coefficient (Wildman–Crippen LogP) is 1.97. The summed E-state index contributed by atoms with van der Waals surface area (Å²) >= 11 is 0. The van der Waals surface area contributed by atoms with E-state index in [0.29, 0.717) is 42.0 Å². The Morgan fingerprint density at radius 2 is 1.98 bits per heavy atom. The Kier molecular flexibility index (Phi) is 6.78. The number of aromatic amines is 1. The van der Waals surface area contributed by atoms with Crippen LogP contribution in [-0.2, 0) is 13.5 Å². The average molecular weight is 540 g/mol. The molecule has 13 nitrogen and oxygen atoms in total. The van der Waals surface area contributed by atoms with Crippen molar-refractivity contribution in [2.24, 2.45) is 12.8 Å². The summed E-state index contributed by atoms with van der Waals surface area (Å²) in [6, 6.07) is 11.0. The molecule has 2 atom stereocenters. The highest BCUT2D eigenvalue weighted by Gasteiger charge is 2.27. The van der Waals surface area contributed by atoms with Gasteiger partial charge in [-0.1, -0.05) is 5.16 Å². The summed E-state index contributed by atoms with van der Waals surface area (Å²) in [5, 5.41) is 4.12. The van der Waals surface area contributed by atoms with Gasteiger partial charge in [0.05, 0.1) is 29.5 Å². The van der Waals surface area contributed by atoms with E-state index in [-0.39, 0.29) is 11.6 Å². The van der Waals surface area contributed by atoms with E-state index in [9.17, 15) is 4.79 Å². The quantitative estimate of drug-likeness (QED) is 0.311. The molecule has 0 unspecified atom stereocenters. The third-order valence-corrected chi connectivity index (χ3v) is 7.07. The van der Waals surface area contributed by atoms with Crippen molar-refractivity contribution >= 4 is 11.6 Å². The van der Waals surface area contributed by atoms with E-state index in [1.807, 2.05) is 12.1 Å². The number of nitrogens with two attached hydrogens (primary N) is 1. The lowest BCUT2D eigenvalue weighted by atomic mass is 10.1.